The minimum Gasteiger partial charge on any atom is -0.346 e. The first-order valence-electron chi connectivity index (χ1n) is 9.73. The van der Waals surface area contributed by atoms with Crippen molar-refractivity contribution in [2.45, 2.75) is 44.2 Å². The molecule has 0 bridgehead atoms. The highest BCUT2D eigenvalue weighted by Gasteiger charge is 2.51. The maximum Gasteiger partial charge on any atom is 0.264 e. The lowest BCUT2D eigenvalue weighted by atomic mass is 9.97. The number of hydrogen-bond donors (Lipinski definition) is 1. The average Bonchev–Trinajstić information content (AvgIpc) is 2.66. The molecule has 1 saturated heterocycles. The first-order valence-corrected chi connectivity index (χ1v) is 15.2. The summed E-state index contributed by atoms with van der Waals surface area (Å²) >= 11 is 0. The lowest BCUT2D eigenvalue weighted by molar-refractivity contribution is -0.262. The van der Waals surface area contributed by atoms with E-state index in [0.717, 1.165) is 13.2 Å². The third-order valence-corrected chi connectivity index (χ3v) is 6.00. The van der Waals surface area contributed by atoms with Gasteiger partial charge in [-0.2, -0.15) is 25.3 Å². The Morgan fingerprint density at radius 3 is 1.97 bits per heavy atom. The van der Waals surface area contributed by atoms with Crippen molar-refractivity contribution in [1.29, 1.82) is 0 Å². The highest BCUT2D eigenvalue weighted by Crippen LogP contribution is 2.30. The molecule has 0 saturated carbocycles. The quantitative estimate of drug-likeness (QED) is 0.339. The SMILES string of the molecule is CC(=O)N[C@H]1[C@H](OCc2ccccc2)O[C@@H](COS(C)(=O)=O)[C@H](OS(C)(=O)=O)[C@H]1OS(C)(=O)=O. The zero-order valence-electron chi connectivity index (χ0n) is 18.8. The number of nitrogens with one attached hydrogen (secondary N) is 1. The van der Waals surface area contributed by atoms with E-state index in [4.69, 9.17) is 22.0 Å². The Morgan fingerprint density at radius 1 is 0.912 bits per heavy atom. The molecule has 16 heteroatoms. The van der Waals surface area contributed by atoms with Gasteiger partial charge in [-0.1, -0.05) is 30.3 Å². The van der Waals surface area contributed by atoms with Crippen LogP contribution in [0.5, 0.6) is 0 Å². The van der Waals surface area contributed by atoms with E-state index in [1.165, 1.54) is 0 Å². The van der Waals surface area contributed by atoms with E-state index in [1.54, 1.807) is 30.3 Å². The highest BCUT2D eigenvalue weighted by molar-refractivity contribution is 7.86. The Hall–Kier alpha value is -1.66. The van der Waals surface area contributed by atoms with E-state index in [0.29, 0.717) is 18.1 Å². The summed E-state index contributed by atoms with van der Waals surface area (Å²) in [5.74, 6) is -0.632. The number of carbonyl (C=O) groups is 1. The summed E-state index contributed by atoms with van der Waals surface area (Å²) in [6, 6.07) is 7.39. The third-order valence-electron chi connectivity index (χ3n) is 4.29. The topological polar surface area (TPSA) is 178 Å². The van der Waals surface area contributed by atoms with Crippen LogP contribution in [-0.2, 0) is 63.8 Å². The smallest absolute Gasteiger partial charge is 0.264 e. The van der Waals surface area contributed by atoms with Gasteiger partial charge in [-0.25, -0.2) is 0 Å². The summed E-state index contributed by atoms with van der Waals surface area (Å²) in [5, 5.41) is 2.44. The van der Waals surface area contributed by atoms with E-state index in [-0.39, 0.29) is 6.61 Å². The number of ether oxygens (including phenoxy) is 2. The Morgan fingerprint density at radius 2 is 1.47 bits per heavy atom. The summed E-state index contributed by atoms with van der Waals surface area (Å²) < 4.78 is 97.2. The van der Waals surface area contributed by atoms with E-state index in [1.807, 2.05) is 0 Å². The molecule has 34 heavy (non-hydrogen) atoms. The molecule has 2 rings (SSSR count). The van der Waals surface area contributed by atoms with Gasteiger partial charge in [0.2, 0.25) is 5.91 Å². The molecular weight excluding hydrogens is 518 g/mol. The van der Waals surface area contributed by atoms with Crippen LogP contribution in [0.1, 0.15) is 12.5 Å². The van der Waals surface area contributed by atoms with Gasteiger partial charge in [-0.3, -0.25) is 17.3 Å². The zero-order chi connectivity index (χ0) is 25.7. The van der Waals surface area contributed by atoms with Gasteiger partial charge in [0.05, 0.1) is 32.0 Å². The molecule has 1 heterocycles. The molecule has 0 unspecified atom stereocenters. The second-order valence-corrected chi connectivity index (χ2v) is 12.4. The Bertz CT molecular complexity index is 1150. The van der Waals surface area contributed by atoms with Crippen LogP contribution in [-0.4, -0.2) is 87.2 Å². The summed E-state index contributed by atoms with van der Waals surface area (Å²) in [6.45, 7) is 0.335. The summed E-state index contributed by atoms with van der Waals surface area (Å²) in [5.41, 5.74) is 0.701. The lowest BCUT2D eigenvalue weighted by Crippen LogP contribution is -2.66. The zero-order valence-corrected chi connectivity index (χ0v) is 21.3. The first-order chi connectivity index (χ1) is 15.5. The fraction of sp³-hybridized carbons (Fsp3) is 0.611. The fourth-order valence-corrected chi connectivity index (χ4v) is 4.80. The van der Waals surface area contributed by atoms with Crippen LogP contribution in [0.25, 0.3) is 0 Å². The van der Waals surface area contributed by atoms with Gasteiger partial charge in [-0.15, -0.1) is 0 Å². The van der Waals surface area contributed by atoms with Crippen molar-refractivity contribution >= 4 is 36.3 Å². The maximum atomic E-state index is 12.0. The number of carbonyl (C=O) groups excluding carboxylic acids is 1. The maximum absolute atomic E-state index is 12.0. The minimum absolute atomic E-state index is 0.0512. The molecule has 5 atom stereocenters. The molecule has 1 amide bonds. The van der Waals surface area contributed by atoms with Crippen molar-refractivity contribution < 1.29 is 52.1 Å². The number of rotatable bonds is 11. The second kappa shape index (κ2) is 11.4. The molecule has 1 aromatic rings. The largest absolute Gasteiger partial charge is 0.346 e. The Balaban J connectivity index is 2.49. The monoisotopic (exact) mass is 545 g/mol. The van der Waals surface area contributed by atoms with Crippen molar-refractivity contribution in [2.24, 2.45) is 0 Å². The van der Waals surface area contributed by atoms with E-state index < -0.39 is 73.5 Å². The molecule has 1 aliphatic heterocycles. The molecule has 1 N–H and O–H groups in total. The van der Waals surface area contributed by atoms with Crippen molar-refractivity contribution in [1.82, 2.24) is 5.32 Å². The molecule has 194 valence electrons. The molecule has 1 aliphatic rings. The van der Waals surface area contributed by atoms with Crippen LogP contribution in [0.4, 0.5) is 0 Å². The summed E-state index contributed by atoms with van der Waals surface area (Å²) in [4.78, 5) is 11.9. The van der Waals surface area contributed by atoms with E-state index in [9.17, 15) is 30.0 Å². The predicted molar refractivity (Wildman–Crippen MR) is 118 cm³/mol. The molecule has 13 nitrogen and oxygen atoms in total. The third kappa shape index (κ3) is 9.91. The lowest BCUT2D eigenvalue weighted by Gasteiger charge is -2.44. The summed E-state index contributed by atoms with van der Waals surface area (Å²) in [7, 11) is -12.5. The van der Waals surface area contributed by atoms with Crippen molar-refractivity contribution in [2.75, 3.05) is 25.4 Å². The molecular formula is C18H27NO12S3. The van der Waals surface area contributed by atoms with E-state index in [2.05, 4.69) is 5.32 Å². The average molecular weight is 546 g/mol. The minimum atomic E-state index is -4.24. The normalized spacial score (nSPS) is 26.2. The van der Waals surface area contributed by atoms with Crippen LogP contribution >= 0.6 is 0 Å². The van der Waals surface area contributed by atoms with Gasteiger partial charge in [0.15, 0.2) is 6.29 Å². The summed E-state index contributed by atoms with van der Waals surface area (Å²) in [6.07, 6.45) is -4.12. The fourth-order valence-electron chi connectivity index (χ4n) is 3.15. The van der Waals surface area contributed by atoms with Crippen LogP contribution in [0, 0.1) is 0 Å². The van der Waals surface area contributed by atoms with E-state index >= 15 is 0 Å². The second-order valence-electron chi connectivity index (χ2n) is 7.58. The predicted octanol–water partition coefficient (Wildman–Crippen LogP) is -0.901. The molecule has 0 radical (unpaired) electrons. The molecule has 0 aliphatic carbocycles. The number of amides is 1. The van der Waals surface area contributed by atoms with Crippen LogP contribution in [0.3, 0.4) is 0 Å². The number of benzene rings is 1. The highest BCUT2D eigenvalue weighted by atomic mass is 32.2. The van der Waals surface area contributed by atoms with Crippen LogP contribution in [0.15, 0.2) is 30.3 Å². The van der Waals surface area contributed by atoms with Gasteiger partial charge in [0.25, 0.3) is 30.4 Å². The number of hydrogen-bond acceptors (Lipinski definition) is 12. The standard InChI is InChI=1S/C18H27NO12S3/c1-12(20)19-15-17(31-34(4,25)26)16(30-33(3,23)24)14(11-28-32(2,21)22)29-18(15)27-10-13-8-6-5-7-9-13/h5-9,14-18H,10-11H2,1-4H3,(H,19,20)/t14-,15+,16-,17-,18+/m0/s1. The van der Waals surface area contributed by atoms with Crippen LogP contribution < -0.4 is 5.32 Å². The van der Waals surface area contributed by atoms with Gasteiger partial charge in [0.1, 0.15) is 24.4 Å². The molecule has 1 aromatic carbocycles. The van der Waals surface area contributed by atoms with Gasteiger partial charge in [-0.05, 0) is 5.56 Å². The molecule has 0 aromatic heterocycles. The van der Waals surface area contributed by atoms with Crippen molar-refractivity contribution in [3.8, 4) is 0 Å². The molecule has 0 spiro atoms. The van der Waals surface area contributed by atoms with Gasteiger partial charge < -0.3 is 14.8 Å². The Labute approximate surface area is 199 Å². The Kier molecular flexibility index (Phi) is 9.57. The van der Waals surface area contributed by atoms with Crippen molar-refractivity contribution in [3.63, 3.8) is 0 Å². The van der Waals surface area contributed by atoms with Gasteiger partial charge >= 0.3 is 0 Å². The first kappa shape index (κ1) is 28.6. The van der Waals surface area contributed by atoms with Gasteiger partial charge in [0, 0.05) is 6.92 Å². The van der Waals surface area contributed by atoms with Crippen LogP contribution in [0.2, 0.25) is 0 Å². The molecule has 1 fully saturated rings. The van der Waals surface area contributed by atoms with Crippen molar-refractivity contribution in [3.05, 3.63) is 35.9 Å².